The van der Waals surface area contributed by atoms with Gasteiger partial charge in [-0.3, -0.25) is 0 Å². The molecule has 0 aromatic heterocycles. The summed E-state index contributed by atoms with van der Waals surface area (Å²) in [5, 5.41) is 0. The Morgan fingerprint density at radius 2 is 0.889 bits per heavy atom. The molecule has 0 heterocycles. The van der Waals surface area contributed by atoms with Crippen molar-refractivity contribution in [1.29, 1.82) is 0 Å². The van der Waals surface area contributed by atoms with E-state index in [0.717, 1.165) is 47.3 Å². The van der Waals surface area contributed by atoms with E-state index < -0.39 is 0 Å². The second kappa shape index (κ2) is 4.84. The predicted molar refractivity (Wildman–Crippen MR) is 78.3 cm³/mol. The van der Waals surface area contributed by atoms with Gasteiger partial charge in [-0.2, -0.15) is 0 Å². The van der Waals surface area contributed by atoms with E-state index in [1.54, 1.807) is 12.8 Å². The summed E-state index contributed by atoms with van der Waals surface area (Å²) in [5.41, 5.74) is 0. The highest BCUT2D eigenvalue weighted by Crippen LogP contribution is 2.57. The topological polar surface area (TPSA) is 0 Å². The van der Waals surface area contributed by atoms with Crippen LogP contribution in [0.15, 0.2) is 0 Å². The molecule has 0 N–H and O–H groups in total. The molecule has 0 heteroatoms. The molecule has 3 fully saturated rings. The first-order chi connectivity index (χ1) is 8.58. The molecule has 3 saturated carbocycles. The lowest BCUT2D eigenvalue weighted by molar-refractivity contribution is -0.0665. The fraction of sp³-hybridized carbons (Fsp3) is 1.00. The van der Waals surface area contributed by atoms with Crippen LogP contribution in [0.4, 0.5) is 0 Å². The first kappa shape index (κ1) is 13.0. The summed E-state index contributed by atoms with van der Waals surface area (Å²) in [7, 11) is 0. The van der Waals surface area contributed by atoms with Crippen molar-refractivity contribution in [2.45, 2.75) is 66.2 Å². The lowest BCUT2D eigenvalue weighted by atomic mass is 9.49. The van der Waals surface area contributed by atoms with Crippen molar-refractivity contribution in [2.75, 3.05) is 0 Å². The van der Waals surface area contributed by atoms with Gasteiger partial charge in [0.1, 0.15) is 0 Å². The van der Waals surface area contributed by atoms with Crippen molar-refractivity contribution in [3.05, 3.63) is 0 Å². The molecular weight excluding hydrogens is 216 g/mol. The van der Waals surface area contributed by atoms with Crippen LogP contribution in [0.25, 0.3) is 0 Å². The van der Waals surface area contributed by atoms with Gasteiger partial charge in [0.15, 0.2) is 0 Å². The van der Waals surface area contributed by atoms with Crippen molar-refractivity contribution < 1.29 is 0 Å². The normalized spacial score (nSPS) is 56.7. The Morgan fingerprint density at radius 1 is 0.500 bits per heavy atom. The number of hydrogen-bond acceptors (Lipinski definition) is 0. The third-order valence-electron chi connectivity index (χ3n) is 7.16. The predicted octanol–water partition coefficient (Wildman–Crippen LogP) is 5.38. The van der Waals surface area contributed by atoms with E-state index in [1.165, 1.54) is 25.7 Å². The number of rotatable bonds is 0. The molecule has 3 aliphatic rings. The third-order valence-corrected chi connectivity index (χ3v) is 7.16. The minimum atomic E-state index is 0.990. The van der Waals surface area contributed by atoms with Crippen LogP contribution >= 0.6 is 0 Å². The molecule has 8 unspecified atom stereocenters. The smallest absolute Gasteiger partial charge is 0.0352 e. The van der Waals surface area contributed by atoms with Crippen LogP contribution in [0.1, 0.15) is 66.2 Å². The highest BCUT2D eigenvalue weighted by Gasteiger charge is 2.49. The Morgan fingerprint density at radius 3 is 1.28 bits per heavy atom. The zero-order valence-electron chi connectivity index (χ0n) is 12.9. The van der Waals surface area contributed by atoms with Gasteiger partial charge in [-0.25, -0.2) is 0 Å². The minimum Gasteiger partial charge on any atom is -0.0625 e. The lowest BCUT2D eigenvalue weighted by Crippen LogP contribution is -2.48. The van der Waals surface area contributed by atoms with Crippen molar-refractivity contribution in [2.24, 2.45) is 47.3 Å². The van der Waals surface area contributed by atoms with Crippen LogP contribution in [-0.4, -0.2) is 0 Å². The summed E-state index contributed by atoms with van der Waals surface area (Å²) in [6, 6.07) is 0. The minimum absolute atomic E-state index is 0.990. The van der Waals surface area contributed by atoms with Crippen molar-refractivity contribution in [3.63, 3.8) is 0 Å². The fourth-order valence-corrected chi connectivity index (χ4v) is 5.95. The summed E-state index contributed by atoms with van der Waals surface area (Å²) in [6.45, 7) is 10.1. The summed E-state index contributed by atoms with van der Waals surface area (Å²) in [5.74, 6) is 8.32. The van der Waals surface area contributed by atoms with E-state index in [-0.39, 0.29) is 0 Å². The molecule has 3 aliphatic carbocycles. The van der Waals surface area contributed by atoms with Gasteiger partial charge in [-0.15, -0.1) is 0 Å². The van der Waals surface area contributed by atoms with Gasteiger partial charge in [-0.1, -0.05) is 40.5 Å². The van der Waals surface area contributed by atoms with Gasteiger partial charge in [0, 0.05) is 0 Å². The highest BCUT2D eigenvalue weighted by atomic mass is 14.5. The maximum atomic E-state index is 2.58. The molecule has 8 atom stereocenters. The molecule has 18 heavy (non-hydrogen) atoms. The Balaban J connectivity index is 1.83. The van der Waals surface area contributed by atoms with E-state index in [2.05, 4.69) is 27.7 Å². The standard InChI is InChI=1S/C18H32/c1-11-5-7-15-16-8-6-12(2)10-18(16)14(4)13(3)17(15)9-11/h11-18H,5-10H2,1-4H3. The molecule has 3 rings (SSSR count). The van der Waals surface area contributed by atoms with Crippen LogP contribution < -0.4 is 0 Å². The Hall–Kier alpha value is 0. The summed E-state index contributed by atoms with van der Waals surface area (Å²) in [4.78, 5) is 0. The SMILES string of the molecule is CC1CCC2C(C1)C(C)C(C)C1CC(C)CCC12. The largest absolute Gasteiger partial charge is 0.0625 e. The second-order valence-corrected chi connectivity index (χ2v) is 8.21. The van der Waals surface area contributed by atoms with Crippen LogP contribution in [-0.2, 0) is 0 Å². The third kappa shape index (κ3) is 2.04. The van der Waals surface area contributed by atoms with Crippen molar-refractivity contribution in [3.8, 4) is 0 Å². The Kier molecular flexibility index (Phi) is 3.49. The molecule has 0 aromatic rings. The zero-order chi connectivity index (χ0) is 12.9. The van der Waals surface area contributed by atoms with Gasteiger partial charge in [0.05, 0.1) is 0 Å². The summed E-state index contributed by atoms with van der Waals surface area (Å²) in [6.07, 6.45) is 9.21. The van der Waals surface area contributed by atoms with E-state index in [9.17, 15) is 0 Å². The van der Waals surface area contributed by atoms with Crippen LogP contribution in [0.3, 0.4) is 0 Å². The quantitative estimate of drug-likeness (QED) is 0.540. The monoisotopic (exact) mass is 248 g/mol. The molecule has 0 radical (unpaired) electrons. The molecule has 104 valence electrons. The first-order valence-electron chi connectivity index (χ1n) is 8.58. The first-order valence-corrected chi connectivity index (χ1v) is 8.58. The molecule has 0 aliphatic heterocycles. The maximum Gasteiger partial charge on any atom is -0.0352 e. The van der Waals surface area contributed by atoms with Gasteiger partial charge >= 0.3 is 0 Å². The fourth-order valence-electron chi connectivity index (χ4n) is 5.95. The average molecular weight is 248 g/mol. The second-order valence-electron chi connectivity index (χ2n) is 8.21. The summed E-state index contributed by atoms with van der Waals surface area (Å²) < 4.78 is 0. The molecule has 0 bridgehead atoms. The molecule has 0 aromatic carbocycles. The van der Waals surface area contributed by atoms with Crippen molar-refractivity contribution >= 4 is 0 Å². The number of fused-ring (bicyclic) bond motifs is 3. The molecule has 0 amide bonds. The van der Waals surface area contributed by atoms with Gasteiger partial charge in [0.2, 0.25) is 0 Å². The highest BCUT2D eigenvalue weighted by molar-refractivity contribution is 4.98. The van der Waals surface area contributed by atoms with Gasteiger partial charge in [0.25, 0.3) is 0 Å². The lowest BCUT2D eigenvalue weighted by Gasteiger charge is -2.56. The van der Waals surface area contributed by atoms with Crippen LogP contribution in [0, 0.1) is 47.3 Å². The Bertz CT molecular complexity index is 264. The van der Waals surface area contributed by atoms with Crippen LogP contribution in [0.5, 0.6) is 0 Å². The Labute approximate surface area is 114 Å². The average Bonchev–Trinajstić information content (AvgIpc) is 2.36. The zero-order valence-corrected chi connectivity index (χ0v) is 12.9. The molecule has 0 nitrogen and oxygen atoms in total. The number of hydrogen-bond donors (Lipinski definition) is 0. The van der Waals surface area contributed by atoms with Crippen molar-refractivity contribution in [1.82, 2.24) is 0 Å². The van der Waals surface area contributed by atoms with Gasteiger partial charge in [-0.05, 0) is 73.0 Å². The van der Waals surface area contributed by atoms with E-state index >= 15 is 0 Å². The molecule has 0 spiro atoms. The van der Waals surface area contributed by atoms with E-state index in [1.807, 2.05) is 0 Å². The van der Waals surface area contributed by atoms with E-state index in [0.29, 0.717) is 0 Å². The van der Waals surface area contributed by atoms with E-state index in [4.69, 9.17) is 0 Å². The molecule has 0 saturated heterocycles. The van der Waals surface area contributed by atoms with Gasteiger partial charge < -0.3 is 0 Å². The maximum absolute atomic E-state index is 2.58. The summed E-state index contributed by atoms with van der Waals surface area (Å²) >= 11 is 0. The molecular formula is C18H32. The van der Waals surface area contributed by atoms with Crippen LogP contribution in [0.2, 0.25) is 0 Å².